The van der Waals surface area contributed by atoms with Crippen LogP contribution in [0.5, 0.6) is 6.01 Å². The Hall–Kier alpha value is -2.93. The second kappa shape index (κ2) is 7.10. The van der Waals surface area contributed by atoms with Gasteiger partial charge in [-0.05, 0) is 30.3 Å². The Balaban J connectivity index is 2.06. The number of halogens is 1. The number of nitrogens with zero attached hydrogens (tertiary/aromatic N) is 3. The maximum absolute atomic E-state index is 14.2. The van der Waals surface area contributed by atoms with Crippen molar-refractivity contribution in [2.75, 3.05) is 26.1 Å². The average Bonchev–Trinajstić information content (AvgIpc) is 2.99. The van der Waals surface area contributed by atoms with Crippen LogP contribution in [0, 0.1) is 5.82 Å². The molecule has 0 fully saturated rings. The van der Waals surface area contributed by atoms with Gasteiger partial charge in [0, 0.05) is 12.8 Å². The van der Waals surface area contributed by atoms with Gasteiger partial charge in [-0.3, -0.25) is 0 Å². The van der Waals surface area contributed by atoms with Crippen molar-refractivity contribution >= 4 is 5.69 Å². The Morgan fingerprint density at radius 3 is 2.71 bits per heavy atom. The van der Waals surface area contributed by atoms with Crippen LogP contribution in [-0.4, -0.2) is 35.1 Å². The number of nitrogen functional groups attached to an aromatic ring is 1. The number of methoxy groups -OCH3 is 1. The van der Waals surface area contributed by atoms with E-state index in [1.807, 2.05) is 6.07 Å². The van der Waals surface area contributed by atoms with Crippen molar-refractivity contribution < 1.29 is 13.9 Å². The molecule has 6 nitrogen and oxygen atoms in total. The zero-order chi connectivity index (χ0) is 16.9. The molecule has 0 radical (unpaired) electrons. The molecule has 0 saturated heterocycles. The molecule has 124 valence electrons. The number of hydrogen-bond donors (Lipinski definition) is 1. The van der Waals surface area contributed by atoms with E-state index in [0.717, 1.165) is 0 Å². The Labute approximate surface area is 138 Å². The minimum Gasteiger partial charge on any atom is -0.460 e. The highest BCUT2D eigenvalue weighted by molar-refractivity contribution is 5.60. The first-order valence-corrected chi connectivity index (χ1v) is 7.38. The topological polar surface area (TPSA) is 75.2 Å². The van der Waals surface area contributed by atoms with Gasteiger partial charge in [0.25, 0.3) is 0 Å². The minimum atomic E-state index is -0.390. The van der Waals surface area contributed by atoms with E-state index in [-0.39, 0.29) is 6.01 Å². The van der Waals surface area contributed by atoms with Gasteiger partial charge >= 0.3 is 6.01 Å². The predicted molar refractivity (Wildman–Crippen MR) is 88.5 cm³/mol. The molecular formula is C17H17FN4O2. The molecule has 0 aliphatic carbocycles. The van der Waals surface area contributed by atoms with Crippen molar-refractivity contribution in [3.05, 3.63) is 54.3 Å². The van der Waals surface area contributed by atoms with Crippen molar-refractivity contribution in [2.45, 2.75) is 0 Å². The smallest absolute Gasteiger partial charge is 0.336 e. The quantitative estimate of drug-likeness (QED) is 0.556. The number of nitrogens with two attached hydrogens (primary N) is 1. The number of rotatable bonds is 6. The summed E-state index contributed by atoms with van der Waals surface area (Å²) in [6.07, 6.45) is 0. The molecule has 1 heterocycles. The van der Waals surface area contributed by atoms with Crippen LogP contribution in [0.4, 0.5) is 10.1 Å². The second-order valence-electron chi connectivity index (χ2n) is 5.05. The summed E-state index contributed by atoms with van der Waals surface area (Å²) in [5.74, 6) is -0.0513. The molecule has 0 amide bonds. The van der Waals surface area contributed by atoms with Crippen molar-refractivity contribution in [1.82, 2.24) is 14.8 Å². The molecule has 2 aromatic carbocycles. The summed E-state index contributed by atoms with van der Waals surface area (Å²) >= 11 is 0. The fourth-order valence-electron chi connectivity index (χ4n) is 2.22. The van der Waals surface area contributed by atoms with Gasteiger partial charge in [-0.2, -0.15) is 4.98 Å². The van der Waals surface area contributed by atoms with E-state index in [4.69, 9.17) is 15.2 Å². The number of aromatic nitrogens is 3. The average molecular weight is 328 g/mol. The van der Waals surface area contributed by atoms with Crippen LogP contribution in [-0.2, 0) is 4.74 Å². The van der Waals surface area contributed by atoms with Gasteiger partial charge in [-0.25, -0.2) is 9.07 Å². The zero-order valence-electron chi connectivity index (χ0n) is 13.1. The van der Waals surface area contributed by atoms with Crippen LogP contribution in [0.1, 0.15) is 0 Å². The molecule has 0 bridgehead atoms. The number of anilines is 1. The van der Waals surface area contributed by atoms with Crippen LogP contribution >= 0.6 is 0 Å². The molecule has 0 unspecified atom stereocenters. The van der Waals surface area contributed by atoms with Crippen LogP contribution in [0.2, 0.25) is 0 Å². The Morgan fingerprint density at radius 1 is 1.12 bits per heavy atom. The van der Waals surface area contributed by atoms with Gasteiger partial charge < -0.3 is 15.2 Å². The second-order valence-corrected chi connectivity index (χ2v) is 5.05. The van der Waals surface area contributed by atoms with Crippen molar-refractivity contribution in [2.24, 2.45) is 0 Å². The summed E-state index contributed by atoms with van der Waals surface area (Å²) in [5.41, 5.74) is 7.41. The summed E-state index contributed by atoms with van der Waals surface area (Å²) < 4.78 is 26.1. The molecule has 0 aliphatic heterocycles. The molecule has 3 aromatic rings. The lowest BCUT2D eigenvalue weighted by molar-refractivity contribution is 0.141. The molecule has 0 aliphatic rings. The Morgan fingerprint density at radius 2 is 1.96 bits per heavy atom. The normalized spacial score (nSPS) is 10.8. The lowest BCUT2D eigenvalue weighted by atomic mass is 10.2. The molecule has 0 saturated carbocycles. The van der Waals surface area contributed by atoms with Gasteiger partial charge in [0.1, 0.15) is 12.4 Å². The number of hydrogen-bond acceptors (Lipinski definition) is 5. The molecule has 7 heteroatoms. The third-order valence-corrected chi connectivity index (χ3v) is 3.34. The Kier molecular flexibility index (Phi) is 4.72. The fourth-order valence-corrected chi connectivity index (χ4v) is 2.22. The van der Waals surface area contributed by atoms with E-state index in [9.17, 15) is 4.39 Å². The van der Waals surface area contributed by atoms with Crippen LogP contribution in [0.3, 0.4) is 0 Å². The maximum Gasteiger partial charge on any atom is 0.336 e. The summed E-state index contributed by atoms with van der Waals surface area (Å²) in [4.78, 5) is 4.31. The van der Waals surface area contributed by atoms with E-state index in [1.54, 1.807) is 43.5 Å². The summed E-state index contributed by atoms with van der Waals surface area (Å²) in [6, 6.07) is 13.6. The van der Waals surface area contributed by atoms with Crippen molar-refractivity contribution in [3.8, 4) is 23.1 Å². The summed E-state index contributed by atoms with van der Waals surface area (Å²) in [5, 5.41) is 4.32. The molecule has 3 rings (SSSR count). The van der Waals surface area contributed by atoms with Crippen LogP contribution < -0.4 is 10.5 Å². The van der Waals surface area contributed by atoms with E-state index in [2.05, 4.69) is 10.1 Å². The van der Waals surface area contributed by atoms with Crippen molar-refractivity contribution in [1.29, 1.82) is 0 Å². The highest BCUT2D eigenvalue weighted by Crippen LogP contribution is 2.26. The van der Waals surface area contributed by atoms with E-state index < -0.39 is 5.82 Å². The molecule has 0 spiro atoms. The maximum atomic E-state index is 14.2. The monoisotopic (exact) mass is 328 g/mol. The lowest BCUT2D eigenvalue weighted by Crippen LogP contribution is -2.05. The number of benzene rings is 2. The van der Waals surface area contributed by atoms with E-state index in [1.165, 1.54) is 10.7 Å². The lowest BCUT2D eigenvalue weighted by Gasteiger charge is -2.07. The Bertz CT molecular complexity index is 835. The van der Waals surface area contributed by atoms with Crippen LogP contribution in [0.15, 0.2) is 48.5 Å². The third kappa shape index (κ3) is 3.36. The molecule has 1 aromatic heterocycles. The molecule has 0 atom stereocenters. The molecule has 2 N–H and O–H groups in total. The van der Waals surface area contributed by atoms with E-state index in [0.29, 0.717) is 36.0 Å². The third-order valence-electron chi connectivity index (χ3n) is 3.34. The van der Waals surface area contributed by atoms with Gasteiger partial charge in [0.2, 0.25) is 0 Å². The SMILES string of the molecule is COCCOc1nc(-c2ccccc2F)n(-c2cccc(N)c2)n1. The largest absolute Gasteiger partial charge is 0.460 e. The summed E-state index contributed by atoms with van der Waals surface area (Å²) in [6.45, 7) is 0.704. The van der Waals surface area contributed by atoms with Gasteiger partial charge in [0.05, 0.1) is 17.9 Å². The van der Waals surface area contributed by atoms with Gasteiger partial charge in [0.15, 0.2) is 5.82 Å². The predicted octanol–water partition coefficient (Wildman–Crippen LogP) is 2.68. The van der Waals surface area contributed by atoms with Gasteiger partial charge in [-0.1, -0.05) is 18.2 Å². The minimum absolute atomic E-state index is 0.146. The highest BCUT2D eigenvalue weighted by Gasteiger charge is 2.17. The standard InChI is InChI=1S/C17H17FN4O2/c1-23-9-10-24-17-20-16(14-7-2-3-8-15(14)18)22(21-17)13-6-4-5-12(19)11-13/h2-8,11H,9-10,19H2,1H3. The zero-order valence-corrected chi connectivity index (χ0v) is 13.1. The molecule has 24 heavy (non-hydrogen) atoms. The van der Waals surface area contributed by atoms with E-state index >= 15 is 0 Å². The summed E-state index contributed by atoms with van der Waals surface area (Å²) in [7, 11) is 1.58. The van der Waals surface area contributed by atoms with Crippen molar-refractivity contribution in [3.63, 3.8) is 0 Å². The fraction of sp³-hybridized carbons (Fsp3) is 0.176. The van der Waals surface area contributed by atoms with Crippen LogP contribution in [0.25, 0.3) is 17.1 Å². The van der Waals surface area contributed by atoms with Gasteiger partial charge in [-0.15, -0.1) is 5.10 Å². The first-order chi connectivity index (χ1) is 11.7. The highest BCUT2D eigenvalue weighted by atomic mass is 19.1. The first-order valence-electron chi connectivity index (χ1n) is 7.38. The number of ether oxygens (including phenoxy) is 2. The first kappa shape index (κ1) is 15.9. The molecular weight excluding hydrogens is 311 g/mol.